The molecule has 0 radical (unpaired) electrons. The number of rotatable bonds is 4. The van der Waals surface area contributed by atoms with Crippen LogP contribution in [0.4, 0.5) is 0 Å². The Kier molecular flexibility index (Phi) is 6.45. The SMILES string of the molecule is CN(Cc1ccccc1C#CCCO)C(=O)CC(C)(C)C. The zero-order chi connectivity index (χ0) is 15.9. The summed E-state index contributed by atoms with van der Waals surface area (Å²) in [6.45, 7) is 6.81. The lowest BCUT2D eigenvalue weighted by molar-refractivity contribution is -0.132. The Balaban J connectivity index is 2.79. The number of benzene rings is 1. The van der Waals surface area contributed by atoms with Gasteiger partial charge in [-0.15, -0.1) is 0 Å². The maximum atomic E-state index is 12.2. The number of aliphatic hydroxyl groups excluding tert-OH is 1. The third kappa shape index (κ3) is 6.46. The van der Waals surface area contributed by atoms with Crippen LogP contribution in [-0.4, -0.2) is 29.6 Å². The molecule has 21 heavy (non-hydrogen) atoms. The van der Waals surface area contributed by atoms with E-state index >= 15 is 0 Å². The first-order chi connectivity index (χ1) is 9.83. The molecule has 0 aliphatic rings. The summed E-state index contributed by atoms with van der Waals surface area (Å²) in [6.07, 6.45) is 0.995. The molecule has 0 heterocycles. The molecule has 0 aliphatic heterocycles. The van der Waals surface area contributed by atoms with E-state index in [-0.39, 0.29) is 17.9 Å². The van der Waals surface area contributed by atoms with Crippen LogP contribution in [0.3, 0.4) is 0 Å². The summed E-state index contributed by atoms with van der Waals surface area (Å²) in [4.78, 5) is 13.9. The van der Waals surface area contributed by atoms with Crippen molar-refractivity contribution in [1.82, 2.24) is 4.90 Å². The predicted molar refractivity (Wildman–Crippen MR) is 85.6 cm³/mol. The molecule has 1 aromatic rings. The van der Waals surface area contributed by atoms with E-state index in [1.54, 1.807) is 4.90 Å². The van der Waals surface area contributed by atoms with Crippen LogP contribution >= 0.6 is 0 Å². The molecule has 0 fully saturated rings. The Hall–Kier alpha value is -1.79. The first-order valence-electron chi connectivity index (χ1n) is 7.25. The molecule has 1 rings (SSSR count). The van der Waals surface area contributed by atoms with E-state index in [1.165, 1.54) is 0 Å². The minimum atomic E-state index is -0.00814. The van der Waals surface area contributed by atoms with Gasteiger partial charge in [0.2, 0.25) is 5.91 Å². The average molecular weight is 287 g/mol. The highest BCUT2D eigenvalue weighted by Crippen LogP contribution is 2.20. The molecule has 1 aromatic carbocycles. The molecule has 0 aliphatic carbocycles. The molecule has 3 nitrogen and oxygen atoms in total. The van der Waals surface area contributed by atoms with Crippen LogP contribution < -0.4 is 0 Å². The minimum absolute atomic E-state index is 0.00814. The van der Waals surface area contributed by atoms with Gasteiger partial charge < -0.3 is 10.0 Å². The van der Waals surface area contributed by atoms with Crippen molar-refractivity contribution < 1.29 is 9.90 Å². The Morgan fingerprint density at radius 1 is 1.29 bits per heavy atom. The quantitative estimate of drug-likeness (QED) is 0.865. The highest BCUT2D eigenvalue weighted by Gasteiger charge is 2.19. The lowest BCUT2D eigenvalue weighted by Gasteiger charge is -2.23. The number of hydrogen-bond acceptors (Lipinski definition) is 2. The topological polar surface area (TPSA) is 40.5 Å². The van der Waals surface area contributed by atoms with Crippen LogP contribution in [0.1, 0.15) is 44.7 Å². The van der Waals surface area contributed by atoms with E-state index in [2.05, 4.69) is 32.6 Å². The molecule has 3 heteroatoms. The number of nitrogens with zero attached hydrogens (tertiary/aromatic N) is 1. The van der Waals surface area contributed by atoms with E-state index in [0.717, 1.165) is 11.1 Å². The van der Waals surface area contributed by atoms with Gasteiger partial charge in [0, 0.05) is 32.0 Å². The van der Waals surface area contributed by atoms with Crippen LogP contribution in [0, 0.1) is 17.3 Å². The summed E-state index contributed by atoms with van der Waals surface area (Å²) in [5.41, 5.74) is 1.94. The van der Waals surface area contributed by atoms with Crippen molar-refractivity contribution in [3.63, 3.8) is 0 Å². The van der Waals surface area contributed by atoms with Crippen LogP contribution in [0.25, 0.3) is 0 Å². The van der Waals surface area contributed by atoms with E-state index in [0.29, 0.717) is 19.4 Å². The summed E-state index contributed by atoms with van der Waals surface area (Å²) in [5.74, 6) is 6.13. The lowest BCUT2D eigenvalue weighted by Crippen LogP contribution is -2.29. The number of hydrogen-bond donors (Lipinski definition) is 1. The van der Waals surface area contributed by atoms with Crippen molar-refractivity contribution >= 4 is 5.91 Å². The van der Waals surface area contributed by atoms with Crippen LogP contribution in [0.2, 0.25) is 0 Å². The Labute approximate surface area is 128 Å². The van der Waals surface area contributed by atoms with Gasteiger partial charge in [-0.3, -0.25) is 4.79 Å². The van der Waals surface area contributed by atoms with Gasteiger partial charge >= 0.3 is 0 Å². The van der Waals surface area contributed by atoms with Crippen molar-refractivity contribution in [2.24, 2.45) is 5.41 Å². The highest BCUT2D eigenvalue weighted by atomic mass is 16.2. The van der Waals surface area contributed by atoms with Gasteiger partial charge in [0.05, 0.1) is 6.61 Å². The Bertz CT molecular complexity index is 532. The van der Waals surface area contributed by atoms with Gasteiger partial charge in [0.1, 0.15) is 0 Å². The fourth-order valence-corrected chi connectivity index (χ4v) is 1.93. The summed E-state index contributed by atoms with van der Waals surface area (Å²) in [6, 6.07) is 7.82. The summed E-state index contributed by atoms with van der Waals surface area (Å²) in [5, 5.41) is 8.78. The van der Waals surface area contributed by atoms with Gasteiger partial charge in [-0.25, -0.2) is 0 Å². The zero-order valence-corrected chi connectivity index (χ0v) is 13.4. The summed E-state index contributed by atoms with van der Waals surface area (Å²) in [7, 11) is 1.83. The third-order valence-electron chi connectivity index (χ3n) is 2.99. The molecular formula is C18H25NO2. The standard InChI is InChI=1S/C18H25NO2/c1-18(2,3)13-17(21)19(4)14-16-11-6-5-9-15(16)10-7-8-12-20/h5-6,9,11,20H,8,12-14H2,1-4H3. The molecule has 0 saturated heterocycles. The van der Waals surface area contributed by atoms with Crippen molar-refractivity contribution in [1.29, 1.82) is 0 Å². The molecule has 0 bridgehead atoms. The maximum Gasteiger partial charge on any atom is 0.223 e. The van der Waals surface area contributed by atoms with Crippen LogP contribution in [-0.2, 0) is 11.3 Å². The summed E-state index contributed by atoms with van der Waals surface area (Å²) >= 11 is 0. The molecule has 114 valence electrons. The van der Waals surface area contributed by atoms with Gasteiger partial charge in [-0.05, 0) is 17.0 Å². The number of aliphatic hydroxyl groups is 1. The van der Waals surface area contributed by atoms with E-state index in [9.17, 15) is 4.79 Å². The van der Waals surface area contributed by atoms with Gasteiger partial charge in [-0.2, -0.15) is 0 Å². The van der Waals surface area contributed by atoms with Gasteiger partial charge in [-0.1, -0.05) is 50.8 Å². The number of carbonyl (C=O) groups excluding carboxylic acids is 1. The monoisotopic (exact) mass is 287 g/mol. The van der Waals surface area contributed by atoms with Crippen LogP contribution in [0.5, 0.6) is 0 Å². The van der Waals surface area contributed by atoms with E-state index in [1.807, 2.05) is 31.3 Å². The molecule has 0 saturated carbocycles. The Morgan fingerprint density at radius 3 is 2.57 bits per heavy atom. The van der Waals surface area contributed by atoms with E-state index < -0.39 is 0 Å². The summed E-state index contributed by atoms with van der Waals surface area (Å²) < 4.78 is 0. The molecule has 0 aromatic heterocycles. The maximum absolute atomic E-state index is 12.2. The molecule has 0 atom stereocenters. The van der Waals surface area contributed by atoms with Gasteiger partial charge in [0.15, 0.2) is 0 Å². The average Bonchev–Trinajstić information content (AvgIpc) is 2.39. The highest BCUT2D eigenvalue weighted by molar-refractivity contribution is 5.76. The lowest BCUT2D eigenvalue weighted by atomic mass is 9.91. The molecule has 0 spiro atoms. The van der Waals surface area contributed by atoms with Gasteiger partial charge in [0.25, 0.3) is 0 Å². The van der Waals surface area contributed by atoms with Crippen molar-refractivity contribution in [3.8, 4) is 11.8 Å². The van der Waals surface area contributed by atoms with Crippen molar-refractivity contribution in [3.05, 3.63) is 35.4 Å². The molecular weight excluding hydrogens is 262 g/mol. The second kappa shape index (κ2) is 7.85. The first-order valence-corrected chi connectivity index (χ1v) is 7.25. The van der Waals surface area contributed by atoms with Crippen molar-refractivity contribution in [2.45, 2.75) is 40.2 Å². The third-order valence-corrected chi connectivity index (χ3v) is 2.99. The second-order valence-corrected chi connectivity index (χ2v) is 6.42. The fourth-order valence-electron chi connectivity index (χ4n) is 1.93. The van der Waals surface area contributed by atoms with E-state index in [4.69, 9.17) is 5.11 Å². The van der Waals surface area contributed by atoms with Crippen molar-refractivity contribution in [2.75, 3.05) is 13.7 Å². The number of amides is 1. The predicted octanol–water partition coefficient (Wildman–Crippen LogP) is 2.82. The van der Waals surface area contributed by atoms with Crippen LogP contribution in [0.15, 0.2) is 24.3 Å². The number of carbonyl (C=O) groups is 1. The second-order valence-electron chi connectivity index (χ2n) is 6.42. The zero-order valence-electron chi connectivity index (χ0n) is 13.4. The normalized spacial score (nSPS) is 10.7. The first kappa shape index (κ1) is 17.3. The largest absolute Gasteiger partial charge is 0.395 e. The Morgan fingerprint density at radius 2 is 1.95 bits per heavy atom. The molecule has 1 amide bonds. The minimum Gasteiger partial charge on any atom is -0.395 e. The smallest absolute Gasteiger partial charge is 0.223 e. The molecule has 1 N–H and O–H groups in total. The molecule has 0 unspecified atom stereocenters. The fraction of sp³-hybridized carbons (Fsp3) is 0.500.